The molecule has 2 N–H and O–H groups in total. The van der Waals surface area contributed by atoms with Gasteiger partial charge in [-0.25, -0.2) is 4.79 Å². The largest absolute Gasteiger partial charge is 1.00 e. The van der Waals surface area contributed by atoms with Gasteiger partial charge in [0.05, 0.1) is 19.1 Å². The van der Waals surface area contributed by atoms with Gasteiger partial charge in [0.15, 0.2) is 0 Å². The number of β-lactam (4-membered cyclic amide) rings is 1. The molecule has 1 unspecified atom stereocenters. The Morgan fingerprint density at radius 2 is 1.96 bits per heavy atom. The molecule has 4 rings (SSSR count). The fourth-order valence-electron chi connectivity index (χ4n) is 4.05. The molecule has 0 aliphatic carbocycles. The zero-order chi connectivity index (χ0) is 18.6. The van der Waals surface area contributed by atoms with Crippen LogP contribution in [0, 0.1) is 5.92 Å². The molecular weight excluding hydrogens is 365 g/mol. The Hall–Kier alpha value is -2.23. The van der Waals surface area contributed by atoms with E-state index in [0.717, 1.165) is 0 Å². The molecule has 0 aromatic heterocycles. The molecule has 3 aliphatic heterocycles. The summed E-state index contributed by atoms with van der Waals surface area (Å²) in [7, 11) is 1.37. The Balaban J connectivity index is 0.00000210. The number of anilines is 1. The van der Waals surface area contributed by atoms with E-state index in [1.54, 1.807) is 12.1 Å². The van der Waals surface area contributed by atoms with Crippen molar-refractivity contribution in [3.05, 3.63) is 35.7 Å². The Kier molecular flexibility index (Phi) is 5.11. The summed E-state index contributed by atoms with van der Waals surface area (Å²) in [5, 5.41) is 23.4. The van der Waals surface area contributed by atoms with E-state index in [-0.39, 0.29) is 52.7 Å². The number of ether oxygens (including phenoxy) is 1. The van der Waals surface area contributed by atoms with E-state index in [1.165, 1.54) is 29.0 Å². The third-order valence-electron chi connectivity index (χ3n) is 5.14. The first-order valence-electron chi connectivity index (χ1n) is 8.13. The van der Waals surface area contributed by atoms with Crippen LogP contribution in [0.1, 0.15) is 6.42 Å². The van der Waals surface area contributed by atoms with Crippen molar-refractivity contribution in [1.82, 2.24) is 9.80 Å². The summed E-state index contributed by atoms with van der Waals surface area (Å²) in [5.41, 5.74) is 0.251. The SMILES string of the molecule is COC1=C(C(=O)[O-])N2C(=O)[C@@H]3[C@H]2C1CCN3C(=O)Nc1ccc(O)cc1.[Na+]. The summed E-state index contributed by atoms with van der Waals surface area (Å²) < 4.78 is 5.22. The maximum atomic E-state index is 12.6. The smallest absolute Gasteiger partial charge is 0.543 e. The predicted molar refractivity (Wildman–Crippen MR) is 85.4 cm³/mol. The standard InChI is InChI=1S/C17H17N3O6.Na/c1-26-14-10-6-7-19(17(25)18-8-2-4-9(21)5-3-8)12-11(10)20(15(12)22)13(14)16(23)24;/h2-5,10-12,21H,6-7H2,1H3,(H,18,25)(H,23,24);/q;+1/p-1/t10?,11-,12+;/m1./s1. The number of hydrogen-bond donors (Lipinski definition) is 2. The van der Waals surface area contributed by atoms with Gasteiger partial charge in [0, 0.05) is 18.2 Å². The Morgan fingerprint density at radius 3 is 2.56 bits per heavy atom. The minimum atomic E-state index is -1.46. The number of urea groups is 1. The third kappa shape index (κ3) is 2.86. The van der Waals surface area contributed by atoms with Crippen LogP contribution < -0.4 is 40.0 Å². The summed E-state index contributed by atoms with van der Waals surface area (Å²) in [4.78, 5) is 39.1. The molecule has 9 nitrogen and oxygen atoms in total. The van der Waals surface area contributed by atoms with Crippen molar-refractivity contribution >= 4 is 23.6 Å². The molecule has 10 heteroatoms. The molecule has 1 aromatic rings. The third-order valence-corrected chi connectivity index (χ3v) is 5.14. The van der Waals surface area contributed by atoms with E-state index in [4.69, 9.17) is 4.74 Å². The van der Waals surface area contributed by atoms with E-state index in [2.05, 4.69) is 5.32 Å². The molecule has 136 valence electrons. The molecule has 0 saturated carbocycles. The van der Waals surface area contributed by atoms with Gasteiger partial charge in [-0.3, -0.25) is 9.69 Å². The molecule has 0 bridgehead atoms. The quantitative estimate of drug-likeness (QED) is 0.318. The Labute approximate surface area is 176 Å². The number of carboxylic acids is 1. The second kappa shape index (κ2) is 7.06. The normalized spacial score (nSPS) is 25.4. The number of benzene rings is 1. The van der Waals surface area contributed by atoms with Gasteiger partial charge >= 0.3 is 35.6 Å². The monoisotopic (exact) mass is 381 g/mol. The molecule has 3 aliphatic rings. The van der Waals surface area contributed by atoms with Gasteiger partial charge in [0.2, 0.25) is 0 Å². The fourth-order valence-corrected chi connectivity index (χ4v) is 4.05. The summed E-state index contributed by atoms with van der Waals surface area (Å²) in [5.74, 6) is -1.85. The number of nitrogens with one attached hydrogen (secondary N) is 1. The van der Waals surface area contributed by atoms with Crippen molar-refractivity contribution in [3.8, 4) is 5.75 Å². The van der Waals surface area contributed by atoms with Crippen molar-refractivity contribution in [3.63, 3.8) is 0 Å². The van der Waals surface area contributed by atoms with Crippen LogP contribution in [0.5, 0.6) is 5.75 Å². The molecular formula is C17H16N3NaO6. The second-order valence-corrected chi connectivity index (χ2v) is 6.41. The van der Waals surface area contributed by atoms with Gasteiger partial charge in [0.25, 0.3) is 5.91 Å². The van der Waals surface area contributed by atoms with Crippen LogP contribution in [0.15, 0.2) is 35.7 Å². The van der Waals surface area contributed by atoms with Gasteiger partial charge < -0.3 is 30.0 Å². The van der Waals surface area contributed by atoms with Crippen molar-refractivity contribution in [1.29, 1.82) is 0 Å². The zero-order valence-corrected chi connectivity index (χ0v) is 16.8. The maximum absolute atomic E-state index is 12.6. The number of phenols is 1. The fraction of sp³-hybridized carbons (Fsp3) is 0.353. The van der Waals surface area contributed by atoms with Crippen LogP contribution in [0.25, 0.3) is 0 Å². The number of aromatic hydroxyl groups is 1. The number of carbonyl (C=O) groups is 3. The van der Waals surface area contributed by atoms with Crippen LogP contribution in [-0.2, 0) is 14.3 Å². The molecule has 3 atom stereocenters. The van der Waals surface area contributed by atoms with Gasteiger partial charge in [-0.15, -0.1) is 0 Å². The van der Waals surface area contributed by atoms with Gasteiger partial charge in [0.1, 0.15) is 23.2 Å². The average molecular weight is 381 g/mol. The number of carboxylic acid groups (broad SMARTS) is 1. The number of amides is 3. The van der Waals surface area contributed by atoms with E-state index in [9.17, 15) is 24.6 Å². The van der Waals surface area contributed by atoms with Gasteiger partial charge in [-0.1, -0.05) is 0 Å². The van der Waals surface area contributed by atoms with E-state index < -0.39 is 30.0 Å². The maximum Gasteiger partial charge on any atom is 1.00 e. The number of carbonyl (C=O) groups excluding carboxylic acids is 3. The zero-order valence-electron chi connectivity index (χ0n) is 14.8. The van der Waals surface area contributed by atoms with Crippen molar-refractivity contribution in [2.75, 3.05) is 19.0 Å². The molecule has 1 aromatic carbocycles. The Morgan fingerprint density at radius 1 is 1.30 bits per heavy atom. The number of likely N-dealkylation sites (tertiary alicyclic amines) is 1. The first-order chi connectivity index (χ1) is 12.4. The van der Waals surface area contributed by atoms with Gasteiger partial charge in [-0.2, -0.15) is 0 Å². The van der Waals surface area contributed by atoms with Crippen LogP contribution in [0.2, 0.25) is 0 Å². The summed E-state index contributed by atoms with van der Waals surface area (Å²) in [6.45, 7) is 0.294. The summed E-state index contributed by atoms with van der Waals surface area (Å²) in [6, 6.07) is 4.35. The minimum absolute atomic E-state index is 0. The van der Waals surface area contributed by atoms with Crippen molar-refractivity contribution in [2.45, 2.75) is 18.5 Å². The molecule has 3 amide bonds. The number of rotatable bonds is 3. The van der Waals surface area contributed by atoms with E-state index in [0.29, 0.717) is 18.7 Å². The first kappa shape index (κ1) is 19.5. The minimum Gasteiger partial charge on any atom is -0.543 e. The molecule has 0 radical (unpaired) electrons. The Bertz CT molecular complexity index is 840. The molecule has 2 saturated heterocycles. The topological polar surface area (TPSA) is 122 Å². The molecule has 27 heavy (non-hydrogen) atoms. The number of phenolic OH excluding ortho intramolecular Hbond substituents is 1. The second-order valence-electron chi connectivity index (χ2n) is 6.41. The predicted octanol–water partition coefficient (Wildman–Crippen LogP) is -3.55. The molecule has 0 spiro atoms. The molecule has 2 fully saturated rings. The van der Waals surface area contributed by atoms with Crippen molar-refractivity contribution in [2.24, 2.45) is 5.92 Å². The molecule has 3 heterocycles. The number of hydrogen-bond acceptors (Lipinski definition) is 6. The van der Waals surface area contributed by atoms with Gasteiger partial charge in [-0.05, 0) is 30.7 Å². The average Bonchev–Trinajstić information content (AvgIpc) is 2.95. The van der Waals surface area contributed by atoms with Crippen LogP contribution >= 0.6 is 0 Å². The number of methoxy groups -OCH3 is 1. The summed E-state index contributed by atoms with van der Waals surface area (Å²) in [6.07, 6.45) is 0.480. The van der Waals surface area contributed by atoms with E-state index >= 15 is 0 Å². The summed E-state index contributed by atoms with van der Waals surface area (Å²) >= 11 is 0. The van der Waals surface area contributed by atoms with Crippen molar-refractivity contribution < 1.29 is 58.9 Å². The number of nitrogens with zero attached hydrogens (tertiary/aromatic N) is 2. The van der Waals surface area contributed by atoms with Crippen LogP contribution in [-0.4, -0.2) is 58.6 Å². The van der Waals surface area contributed by atoms with Crippen LogP contribution in [0.4, 0.5) is 10.5 Å². The number of piperidine rings is 1. The first-order valence-corrected chi connectivity index (χ1v) is 8.13. The number of aliphatic carboxylic acids is 1. The van der Waals surface area contributed by atoms with Crippen LogP contribution in [0.3, 0.4) is 0 Å². The van der Waals surface area contributed by atoms with E-state index in [1.807, 2.05) is 0 Å².